The Morgan fingerprint density at radius 2 is 2.05 bits per heavy atom. The molecule has 3 heterocycles. The summed E-state index contributed by atoms with van der Waals surface area (Å²) < 4.78 is 9.99. The van der Waals surface area contributed by atoms with Gasteiger partial charge < -0.3 is 19.8 Å². The van der Waals surface area contributed by atoms with Gasteiger partial charge in [-0.15, -0.1) is 15.2 Å². The molecular weight excluding hydrogens is 536 g/mol. The van der Waals surface area contributed by atoms with Crippen LogP contribution < -0.4 is 10.3 Å². The molecule has 0 atom stereocenters. The summed E-state index contributed by atoms with van der Waals surface area (Å²) >= 11 is 1.64. The minimum absolute atomic E-state index is 0.137. The van der Waals surface area contributed by atoms with E-state index in [9.17, 15) is 20.1 Å². The second kappa shape index (κ2) is 13.7. The molecule has 4 rings (SSSR count). The van der Waals surface area contributed by atoms with Gasteiger partial charge in [-0.3, -0.25) is 4.79 Å². The Morgan fingerprint density at radius 1 is 1.27 bits per heavy atom. The number of H-pyrrole nitrogens is 1. The molecule has 13 heteroatoms. The number of benzene rings is 1. The molecule has 0 unspecified atom stereocenters. The van der Waals surface area contributed by atoms with Gasteiger partial charge in [0.05, 0.1) is 30.7 Å². The quantitative estimate of drug-likeness (QED) is 0.0962. The second-order valence-corrected chi connectivity index (χ2v) is 11.0. The Labute approximate surface area is 236 Å². The molecule has 0 aliphatic carbocycles. The third-order valence-electron chi connectivity index (χ3n) is 7.06. The number of rotatable bonds is 13. The number of nitrogens with one attached hydrogen (secondary N) is 1. The largest absolute Gasteiger partial charge is 0.493 e. The molecule has 1 aromatic carbocycles. The smallest absolute Gasteiger partial charge is 0.294 e. The summed E-state index contributed by atoms with van der Waals surface area (Å²) in [6.45, 7) is 8.29. The van der Waals surface area contributed by atoms with Crippen molar-refractivity contribution in [3.8, 4) is 17.1 Å². The second-order valence-electron chi connectivity index (χ2n) is 9.86. The molecule has 40 heavy (non-hydrogen) atoms. The van der Waals surface area contributed by atoms with Crippen molar-refractivity contribution in [3.63, 3.8) is 0 Å². The number of aryl methyl sites for hydroxylation is 2. The average molecular weight is 573 g/mol. The van der Waals surface area contributed by atoms with Crippen molar-refractivity contribution in [2.24, 2.45) is 11.1 Å². The molecule has 12 nitrogen and oxygen atoms in total. The van der Waals surface area contributed by atoms with Crippen LogP contribution in [0.1, 0.15) is 62.8 Å². The van der Waals surface area contributed by atoms with Gasteiger partial charge in [-0.1, -0.05) is 25.4 Å². The average Bonchev–Trinajstić information content (AvgIpc) is 3.20. The number of fused-ring (bicyclic) bond motifs is 1. The third-order valence-corrected chi connectivity index (χ3v) is 8.14. The fourth-order valence-corrected chi connectivity index (χ4v) is 6.06. The van der Waals surface area contributed by atoms with Crippen LogP contribution in [0.2, 0.25) is 0 Å². The lowest BCUT2D eigenvalue weighted by Crippen LogP contribution is -2.29. The van der Waals surface area contributed by atoms with Crippen molar-refractivity contribution in [1.29, 1.82) is 0 Å². The molecule has 2 aromatic heterocycles. The van der Waals surface area contributed by atoms with Crippen molar-refractivity contribution < 1.29 is 19.9 Å². The van der Waals surface area contributed by atoms with Crippen LogP contribution in [-0.2, 0) is 11.3 Å². The maximum Gasteiger partial charge on any atom is 0.294 e. The Bertz CT molecular complexity index is 1410. The molecule has 0 saturated carbocycles. The van der Waals surface area contributed by atoms with E-state index < -0.39 is 5.09 Å². The molecule has 0 spiro atoms. The number of ether oxygens (including phenoxy) is 1. The van der Waals surface area contributed by atoms with Crippen LogP contribution in [0.3, 0.4) is 0 Å². The number of hydrogen-bond donors (Lipinski definition) is 2. The number of aromatic amines is 1. The highest BCUT2D eigenvalue weighted by Crippen LogP contribution is 2.36. The minimum atomic E-state index is -0.735. The van der Waals surface area contributed by atoms with E-state index in [0.717, 1.165) is 49.4 Å². The van der Waals surface area contributed by atoms with Gasteiger partial charge in [0.1, 0.15) is 11.3 Å². The van der Waals surface area contributed by atoms with E-state index in [2.05, 4.69) is 19.3 Å². The number of aromatic nitrogens is 3. The van der Waals surface area contributed by atoms with E-state index in [1.54, 1.807) is 16.5 Å². The normalized spacial score (nSPS) is 14.8. The highest BCUT2D eigenvalue weighted by Gasteiger charge is 2.23. The molecule has 3 aromatic rings. The number of nitrogens with zero attached hydrogens (tertiary/aromatic N) is 5. The van der Waals surface area contributed by atoms with Gasteiger partial charge in [0, 0.05) is 23.5 Å². The van der Waals surface area contributed by atoms with Crippen molar-refractivity contribution in [1.82, 2.24) is 18.9 Å². The zero-order valence-corrected chi connectivity index (χ0v) is 23.9. The predicted octanol–water partition coefficient (Wildman–Crippen LogP) is 4.86. The predicted molar refractivity (Wildman–Crippen MR) is 153 cm³/mol. The maximum absolute atomic E-state index is 13.3. The molecule has 216 valence electrons. The third kappa shape index (κ3) is 6.76. The molecule has 0 radical (unpaired) electrons. The number of hydrogen-bond acceptors (Lipinski definition) is 10. The topological polar surface area (TPSA) is 148 Å². The van der Waals surface area contributed by atoms with Crippen molar-refractivity contribution in [2.45, 2.75) is 64.2 Å². The van der Waals surface area contributed by atoms with Crippen molar-refractivity contribution in [2.75, 3.05) is 26.3 Å². The van der Waals surface area contributed by atoms with Crippen molar-refractivity contribution >= 4 is 23.7 Å². The summed E-state index contributed by atoms with van der Waals surface area (Å²) in [4.78, 5) is 32.1. The Morgan fingerprint density at radius 3 is 2.73 bits per heavy atom. The van der Waals surface area contributed by atoms with Crippen LogP contribution in [0.5, 0.6) is 5.75 Å². The van der Waals surface area contributed by atoms with E-state index >= 15 is 0 Å². The van der Waals surface area contributed by atoms with Crippen LogP contribution in [0, 0.1) is 23.0 Å². The minimum Gasteiger partial charge on any atom is -0.493 e. The zero-order chi connectivity index (χ0) is 28.6. The fraction of sp³-hybridized carbons (Fsp3) is 0.519. The summed E-state index contributed by atoms with van der Waals surface area (Å²) in [6, 6.07) is 5.91. The monoisotopic (exact) mass is 572 g/mol. The zero-order valence-electron chi connectivity index (χ0n) is 23.1. The Balaban J connectivity index is 1.63. The standard InChI is InChI=1S/C27H36N6O6S/c1-4-6-23-22(17-28-35)18(3)25-27(34)29-26(30-32(23)25)21-16-20(7-8-24(21)38-14-5-2)40-31-12-9-19(10-13-31)11-15-39-33(36)37/h7-8,16-17,19,35H,4-6,9-15H2,1-3H3,(H,29,30,34)/b28-17-. The lowest BCUT2D eigenvalue weighted by Gasteiger charge is -2.30. The van der Waals surface area contributed by atoms with Gasteiger partial charge in [0.2, 0.25) is 0 Å². The van der Waals surface area contributed by atoms with Gasteiger partial charge in [0.25, 0.3) is 10.6 Å². The Kier molecular flexibility index (Phi) is 10.0. The highest BCUT2D eigenvalue weighted by atomic mass is 32.2. The van der Waals surface area contributed by atoms with E-state index in [1.807, 2.05) is 39.0 Å². The first-order valence-corrected chi connectivity index (χ1v) is 14.4. The molecule has 2 N–H and O–H groups in total. The van der Waals surface area contributed by atoms with Crippen LogP contribution in [0.4, 0.5) is 0 Å². The van der Waals surface area contributed by atoms with Crippen LogP contribution >= 0.6 is 11.9 Å². The van der Waals surface area contributed by atoms with Gasteiger partial charge in [0.15, 0.2) is 5.82 Å². The number of piperidine rings is 1. The van der Waals surface area contributed by atoms with E-state index in [1.165, 1.54) is 6.21 Å². The SMILES string of the molecule is CCCOc1ccc(SN2CCC(CCO[N+](=O)[O-])CC2)cc1-c1nn2c(CCC)c(/C=N\O)c(C)c2c(=O)[nH]1. The summed E-state index contributed by atoms with van der Waals surface area (Å²) in [5.41, 5.74) is 3.06. The van der Waals surface area contributed by atoms with Crippen molar-refractivity contribution in [3.05, 3.63) is 55.5 Å². The molecule has 1 fully saturated rings. The maximum atomic E-state index is 13.3. The highest BCUT2D eigenvalue weighted by molar-refractivity contribution is 7.97. The number of oxime groups is 1. The molecule has 0 bridgehead atoms. The van der Waals surface area contributed by atoms with Crippen LogP contribution in [0.25, 0.3) is 16.9 Å². The molecular formula is C27H36N6O6S. The summed E-state index contributed by atoms with van der Waals surface area (Å²) in [5.74, 6) is 1.44. The summed E-state index contributed by atoms with van der Waals surface area (Å²) in [5, 5.41) is 27.0. The van der Waals surface area contributed by atoms with Gasteiger partial charge in [-0.25, -0.2) is 8.82 Å². The first kappa shape index (κ1) is 29.4. The molecule has 1 aliphatic heterocycles. The molecule has 1 saturated heterocycles. The van der Waals surface area contributed by atoms with Crippen LogP contribution in [-0.4, -0.2) is 61.7 Å². The summed E-state index contributed by atoms with van der Waals surface area (Å²) in [6.07, 6.45) is 6.25. The van der Waals surface area contributed by atoms with Crippen LogP contribution in [0.15, 0.2) is 33.0 Å². The fourth-order valence-electron chi connectivity index (χ4n) is 5.07. The van der Waals surface area contributed by atoms with E-state index in [4.69, 9.17) is 9.84 Å². The summed E-state index contributed by atoms with van der Waals surface area (Å²) in [7, 11) is 0. The lowest BCUT2D eigenvalue weighted by atomic mass is 9.95. The molecule has 1 aliphatic rings. The van der Waals surface area contributed by atoms with Gasteiger partial charge >= 0.3 is 0 Å². The van der Waals surface area contributed by atoms with Gasteiger partial charge in [-0.2, -0.15) is 0 Å². The van der Waals surface area contributed by atoms with E-state index in [-0.39, 0.29) is 12.2 Å². The van der Waals surface area contributed by atoms with E-state index in [0.29, 0.717) is 59.1 Å². The first-order valence-electron chi connectivity index (χ1n) is 13.7. The molecule has 0 amide bonds. The lowest BCUT2D eigenvalue weighted by molar-refractivity contribution is -0.758. The van der Waals surface area contributed by atoms with Gasteiger partial charge in [-0.05, 0) is 80.7 Å². The first-order chi connectivity index (χ1) is 19.4. The Hall–Kier alpha value is -3.58.